The lowest BCUT2D eigenvalue weighted by Crippen LogP contribution is -2.71. The zero-order chi connectivity index (χ0) is 37.3. The first kappa shape index (κ1) is 37.0. The number of β-lactam (4-membered cyclic amide) rings is 1. The van der Waals surface area contributed by atoms with E-state index >= 15 is 0 Å². The molecule has 3 aliphatic rings. The fourth-order valence-electron chi connectivity index (χ4n) is 5.00. The summed E-state index contributed by atoms with van der Waals surface area (Å²) in [5.74, 6) is -2.10. The molecule has 1 unspecified atom stereocenters. The molecule has 11 N–H and O–H groups in total. The van der Waals surface area contributed by atoms with Crippen LogP contribution in [-0.4, -0.2) is 91.6 Å². The van der Waals surface area contributed by atoms with Crippen LogP contribution in [-0.2, 0) is 24.4 Å². The first-order valence-electron chi connectivity index (χ1n) is 14.7. The van der Waals surface area contributed by atoms with Crippen molar-refractivity contribution in [2.24, 2.45) is 5.14 Å². The lowest BCUT2D eigenvalue weighted by atomic mass is 10.0. The number of H-pyrrole nitrogens is 1. The number of aromatic amines is 1. The van der Waals surface area contributed by atoms with Gasteiger partial charge in [0.15, 0.2) is 11.2 Å². The summed E-state index contributed by atoms with van der Waals surface area (Å²) in [7, 11) is -2.06. The van der Waals surface area contributed by atoms with E-state index in [0.29, 0.717) is 22.8 Å². The second-order valence-electron chi connectivity index (χ2n) is 10.9. The minimum atomic E-state index is -3.90. The normalized spacial score (nSPS) is 19.2. The van der Waals surface area contributed by atoms with Gasteiger partial charge in [-0.05, 0) is 41.8 Å². The number of amides is 4. The maximum absolute atomic E-state index is 13.6. The molecule has 1 fully saturated rings. The molecule has 274 valence electrons. The largest absolute Gasteiger partial charge is 0.477 e. The molecule has 20 nitrogen and oxygen atoms in total. The van der Waals surface area contributed by atoms with E-state index in [-0.39, 0.29) is 33.1 Å². The molecule has 6 rings (SSSR count). The van der Waals surface area contributed by atoms with E-state index in [1.54, 1.807) is 10.6 Å². The predicted molar refractivity (Wildman–Crippen MR) is 196 cm³/mol. The van der Waals surface area contributed by atoms with Crippen molar-refractivity contribution in [1.29, 1.82) is 0 Å². The molecule has 0 bridgehead atoms. The monoisotopic (exact) mass is 808 g/mol. The summed E-state index contributed by atoms with van der Waals surface area (Å²) in [6.45, 7) is 0. The number of nitrogens with zero attached hydrogens (tertiary/aromatic N) is 4. The van der Waals surface area contributed by atoms with Gasteiger partial charge in [0.25, 0.3) is 11.5 Å². The Bertz CT molecular complexity index is 2170. The molecule has 0 radical (unpaired) electrons. The summed E-state index contributed by atoms with van der Waals surface area (Å²) < 4.78 is 25.7. The topological polar surface area (TPSA) is 300 Å². The van der Waals surface area contributed by atoms with E-state index in [0.717, 1.165) is 26.7 Å². The summed E-state index contributed by atoms with van der Waals surface area (Å²) in [6, 6.07) is 1.76. The maximum Gasteiger partial charge on any atom is 0.352 e. The molecule has 1 aromatic carbocycles. The van der Waals surface area contributed by atoms with E-state index in [1.165, 1.54) is 65.1 Å². The Kier molecular flexibility index (Phi) is 10.7. The molecule has 52 heavy (non-hydrogen) atoms. The molecule has 1 saturated heterocycles. The third-order valence-electron chi connectivity index (χ3n) is 7.39. The summed E-state index contributed by atoms with van der Waals surface area (Å²) in [5.41, 5.74) is 8.59. The molecule has 3 atom stereocenters. The molecule has 0 spiro atoms. The second kappa shape index (κ2) is 15.1. The molecule has 0 saturated carbocycles. The number of hydrogen-bond acceptors (Lipinski definition) is 17. The predicted octanol–water partition coefficient (Wildman–Crippen LogP) is 0.431. The Morgan fingerprint density at radius 2 is 1.96 bits per heavy atom. The molecule has 2 aromatic heterocycles. The highest BCUT2D eigenvalue weighted by atomic mass is 32.2. The molecule has 5 heterocycles. The van der Waals surface area contributed by atoms with Crippen LogP contribution in [0.1, 0.15) is 11.7 Å². The van der Waals surface area contributed by atoms with Crippen molar-refractivity contribution in [2.75, 3.05) is 34.9 Å². The molecule has 3 aromatic rings. The number of fused-ring (bicyclic) bond motifs is 1. The van der Waals surface area contributed by atoms with Crippen molar-refractivity contribution in [3.05, 3.63) is 73.6 Å². The summed E-state index contributed by atoms with van der Waals surface area (Å²) >= 11 is 5.19. The van der Waals surface area contributed by atoms with Gasteiger partial charge in [0.2, 0.25) is 21.9 Å². The number of aliphatic carboxylic acids is 1. The minimum absolute atomic E-state index is 0.0311. The van der Waals surface area contributed by atoms with Crippen LogP contribution in [0.5, 0.6) is 0 Å². The van der Waals surface area contributed by atoms with Crippen LogP contribution in [0.2, 0.25) is 0 Å². The highest BCUT2D eigenvalue weighted by Gasteiger charge is 2.54. The second-order valence-corrected chi connectivity index (χ2v) is 16.9. The van der Waals surface area contributed by atoms with E-state index in [2.05, 4.69) is 41.6 Å². The zero-order valence-corrected chi connectivity index (χ0v) is 30.6. The van der Waals surface area contributed by atoms with E-state index in [1.807, 2.05) is 7.05 Å². The lowest BCUT2D eigenvalue weighted by Gasteiger charge is -2.49. The van der Waals surface area contributed by atoms with Gasteiger partial charge in [-0.25, -0.2) is 33.1 Å². The number of carboxylic acid groups (broad SMARTS) is 1. The van der Waals surface area contributed by atoms with Crippen molar-refractivity contribution in [3.63, 3.8) is 0 Å². The van der Waals surface area contributed by atoms with Gasteiger partial charge in [-0.3, -0.25) is 24.3 Å². The number of nitrogen functional groups attached to an aromatic ring is 1. The number of rotatable bonds is 12. The lowest BCUT2D eigenvalue weighted by molar-refractivity contribution is -0.151. The van der Waals surface area contributed by atoms with Gasteiger partial charge >= 0.3 is 12.0 Å². The number of hydrogen-bond donors (Lipinski definition) is 9. The molecule has 3 aliphatic heterocycles. The highest BCUT2D eigenvalue weighted by molar-refractivity contribution is 8.21. The van der Waals surface area contributed by atoms with Crippen LogP contribution < -0.4 is 43.1 Å². The fourth-order valence-corrected chi connectivity index (χ4v) is 9.47. The van der Waals surface area contributed by atoms with Crippen LogP contribution >= 0.6 is 46.8 Å². The van der Waals surface area contributed by atoms with Crippen molar-refractivity contribution >= 4 is 103 Å². The van der Waals surface area contributed by atoms with Crippen LogP contribution in [0.4, 0.5) is 27.2 Å². The van der Waals surface area contributed by atoms with E-state index in [9.17, 15) is 37.5 Å². The number of nitrogens with two attached hydrogens (primary N) is 2. The smallest absolute Gasteiger partial charge is 0.352 e. The average Bonchev–Trinajstić information content (AvgIpc) is 3.72. The molecule has 0 aliphatic carbocycles. The molecular formula is C27H28N12O8S5. The van der Waals surface area contributed by atoms with Crippen LogP contribution in [0.3, 0.4) is 0 Å². The van der Waals surface area contributed by atoms with Crippen LogP contribution in [0, 0.1) is 0 Å². The zero-order valence-electron chi connectivity index (χ0n) is 26.5. The van der Waals surface area contributed by atoms with Crippen molar-refractivity contribution in [2.45, 2.75) is 22.4 Å². The number of benzene rings is 1. The SMILES string of the molecule is CN1NC=C(SCC2=C(C(=O)O)N3C(=O)[C@@H](NC(=O)C(NC(=O)Nc4cnc(Nc5ccc(S(N)(=O)=O)cc5)[nH]c4=O)c4csc(N)n4)[C@@H]3SC2)S1. The number of thioether (sulfide) groups is 2. The molecular weight excluding hydrogens is 781 g/mol. The quantitative estimate of drug-likeness (QED) is 0.0885. The summed E-state index contributed by atoms with van der Waals surface area (Å²) in [4.78, 5) is 76.6. The number of carbonyl (C=O) groups excluding carboxylic acids is 3. The van der Waals surface area contributed by atoms with Gasteiger partial charge in [0.1, 0.15) is 22.8 Å². The molecule has 25 heteroatoms. The maximum atomic E-state index is 13.6. The minimum Gasteiger partial charge on any atom is -0.477 e. The number of sulfonamides is 1. The number of primary sulfonamides is 1. The van der Waals surface area contributed by atoms with E-state index < -0.39 is 56.9 Å². The van der Waals surface area contributed by atoms with Gasteiger partial charge in [-0.1, -0.05) is 0 Å². The molecule has 4 amide bonds. The number of hydrazine groups is 1. The van der Waals surface area contributed by atoms with Gasteiger partial charge in [-0.2, -0.15) is 4.41 Å². The Balaban J connectivity index is 1.10. The summed E-state index contributed by atoms with van der Waals surface area (Å²) in [5, 5.41) is 26.1. The van der Waals surface area contributed by atoms with Gasteiger partial charge in [-0.15, -0.1) is 34.9 Å². The van der Waals surface area contributed by atoms with Crippen molar-refractivity contribution < 1.29 is 32.7 Å². The van der Waals surface area contributed by atoms with Crippen molar-refractivity contribution in [1.82, 2.24) is 40.3 Å². The Labute approximate surface area is 310 Å². The summed E-state index contributed by atoms with van der Waals surface area (Å²) in [6.07, 6.45) is 2.85. The first-order chi connectivity index (χ1) is 24.7. The highest BCUT2D eigenvalue weighted by Crippen LogP contribution is 2.43. The van der Waals surface area contributed by atoms with Crippen molar-refractivity contribution in [3.8, 4) is 0 Å². The Morgan fingerprint density at radius 3 is 2.58 bits per heavy atom. The fraction of sp³-hybridized carbons (Fsp3) is 0.222. The Hall–Kier alpha value is -4.79. The average molecular weight is 809 g/mol. The van der Waals surface area contributed by atoms with Gasteiger partial charge < -0.3 is 37.5 Å². The first-order valence-corrected chi connectivity index (χ1v) is 19.9. The number of nitrogens with one attached hydrogen (secondary N) is 6. The third-order valence-corrected chi connectivity index (χ3v) is 12.5. The number of carboxylic acids is 1. The van der Waals surface area contributed by atoms with Crippen LogP contribution in [0.25, 0.3) is 0 Å². The number of anilines is 4. The Morgan fingerprint density at radius 1 is 1.21 bits per heavy atom. The third kappa shape index (κ3) is 8.14. The van der Waals surface area contributed by atoms with Gasteiger partial charge in [0, 0.05) is 35.8 Å². The van der Waals surface area contributed by atoms with Crippen LogP contribution in [0.15, 0.2) is 67.2 Å². The number of aromatic nitrogens is 3. The number of thiazole rings is 1. The van der Waals surface area contributed by atoms with E-state index in [4.69, 9.17) is 10.9 Å². The standard InChI is InChI=1S/C27H28N12O8S5/c1-38-31-7-16(51-38)48-8-11-9-49-23-18(22(42)39(23)19(11)24(43)44)35-21(41)17(15-10-50-25(28)33-15)36-27(45)34-14-6-30-26(37-20(14)40)32-12-2-4-13(5-3-12)52(29,46)47/h2-7,10,17-18,23,31H,8-9H2,1H3,(H2,28,33)(H,35,41)(H,43,44)(H2,29,46,47)(H2,34,36,45)(H2,30,32,37,40)/t17?,18-,23+/m1/s1. The van der Waals surface area contributed by atoms with Gasteiger partial charge in [0.05, 0.1) is 21.0 Å². The number of carbonyl (C=O) groups is 4. The number of urea groups is 1.